The van der Waals surface area contributed by atoms with Gasteiger partial charge >= 0.3 is 0 Å². The van der Waals surface area contributed by atoms with E-state index in [4.69, 9.17) is 0 Å². The van der Waals surface area contributed by atoms with Crippen LogP contribution in [0.3, 0.4) is 0 Å². The van der Waals surface area contributed by atoms with Crippen LogP contribution in [0.4, 0.5) is 0 Å². The maximum Gasteiger partial charge on any atom is 0.267 e. The molecule has 0 aromatic rings. The second-order valence-electron chi connectivity index (χ2n) is 5.08. The Balaban J connectivity index is 1.79. The molecular weight excluding hydrogens is 260 g/mol. The van der Waals surface area contributed by atoms with Crippen LogP contribution in [-0.4, -0.2) is 47.5 Å². The maximum absolute atomic E-state index is 12.0. The van der Waals surface area contributed by atoms with E-state index in [-0.39, 0.29) is 23.8 Å². The topological polar surface area (TPSA) is 90.9 Å². The Morgan fingerprint density at radius 1 is 1.35 bits per heavy atom. The molecule has 2 heterocycles. The molecule has 0 aliphatic carbocycles. The molecule has 0 spiro atoms. The van der Waals surface area contributed by atoms with Gasteiger partial charge < -0.3 is 10.2 Å². The molecule has 3 amide bonds. The lowest BCUT2D eigenvalue weighted by atomic mass is 10.0. The first kappa shape index (κ1) is 14.5. The predicted molar refractivity (Wildman–Crippen MR) is 72.8 cm³/mol. The number of hydrogen-bond donors (Lipinski definition) is 2. The molecule has 7 heteroatoms. The van der Waals surface area contributed by atoms with E-state index >= 15 is 0 Å². The molecule has 2 aliphatic rings. The number of nitrogens with one attached hydrogen (secondary N) is 2. The van der Waals surface area contributed by atoms with Crippen LogP contribution in [0.15, 0.2) is 5.10 Å². The zero-order valence-corrected chi connectivity index (χ0v) is 11.6. The number of nitrogens with zero attached hydrogens (tertiary/aromatic N) is 2. The molecule has 0 saturated carbocycles. The van der Waals surface area contributed by atoms with Crippen molar-refractivity contribution in [1.29, 1.82) is 0 Å². The minimum absolute atomic E-state index is 0.0729. The number of likely N-dealkylation sites (tertiary alicyclic amines) is 1. The lowest BCUT2D eigenvalue weighted by Gasteiger charge is -2.32. The highest BCUT2D eigenvalue weighted by Crippen LogP contribution is 2.12. The summed E-state index contributed by atoms with van der Waals surface area (Å²) in [5, 5.41) is 6.69. The summed E-state index contributed by atoms with van der Waals surface area (Å²) in [6.07, 6.45) is 2.72. The molecule has 2 rings (SSSR count). The van der Waals surface area contributed by atoms with Gasteiger partial charge in [-0.2, -0.15) is 5.10 Å². The van der Waals surface area contributed by atoms with E-state index in [0.29, 0.717) is 38.1 Å². The summed E-state index contributed by atoms with van der Waals surface area (Å²) in [4.78, 5) is 36.3. The minimum atomic E-state index is -0.217. The first-order valence-corrected chi connectivity index (χ1v) is 7.04. The standard InChI is InChI=1S/C13H20N4O3/c1-2-12(19)17-7-5-9(6-8-17)14-13(20)10-3-4-11(18)16-15-10/h9H,2-8H2,1H3,(H,14,20)(H,16,18). The first-order chi connectivity index (χ1) is 9.60. The SMILES string of the molecule is CCC(=O)N1CCC(NC(=O)C2=NNC(=O)CC2)CC1. The summed E-state index contributed by atoms with van der Waals surface area (Å²) < 4.78 is 0. The van der Waals surface area contributed by atoms with Gasteiger partial charge in [-0.05, 0) is 12.8 Å². The monoisotopic (exact) mass is 280 g/mol. The number of rotatable bonds is 3. The van der Waals surface area contributed by atoms with Gasteiger partial charge in [-0.3, -0.25) is 14.4 Å². The normalized spacial score (nSPS) is 20.1. The average Bonchev–Trinajstić information content (AvgIpc) is 2.48. The molecule has 0 unspecified atom stereocenters. The zero-order valence-electron chi connectivity index (χ0n) is 11.6. The molecular formula is C13H20N4O3. The Kier molecular flexibility index (Phi) is 4.70. The molecule has 0 radical (unpaired) electrons. The van der Waals surface area contributed by atoms with Crippen molar-refractivity contribution < 1.29 is 14.4 Å². The second kappa shape index (κ2) is 6.49. The van der Waals surface area contributed by atoms with Gasteiger partial charge in [0, 0.05) is 38.4 Å². The fourth-order valence-electron chi connectivity index (χ4n) is 2.40. The third kappa shape index (κ3) is 3.55. The van der Waals surface area contributed by atoms with Gasteiger partial charge in [-0.25, -0.2) is 5.43 Å². The van der Waals surface area contributed by atoms with Crippen LogP contribution in [0.1, 0.15) is 39.0 Å². The molecule has 110 valence electrons. The molecule has 0 bridgehead atoms. The molecule has 7 nitrogen and oxygen atoms in total. The van der Waals surface area contributed by atoms with Gasteiger partial charge in [-0.1, -0.05) is 6.92 Å². The number of piperidine rings is 1. The molecule has 0 aromatic heterocycles. The summed E-state index contributed by atoms with van der Waals surface area (Å²) in [5.74, 6) is -0.215. The molecule has 1 saturated heterocycles. The maximum atomic E-state index is 12.0. The molecule has 2 N–H and O–H groups in total. The van der Waals surface area contributed by atoms with Crippen molar-refractivity contribution in [2.75, 3.05) is 13.1 Å². The van der Waals surface area contributed by atoms with E-state index in [1.165, 1.54) is 0 Å². The third-order valence-corrected chi connectivity index (χ3v) is 3.65. The van der Waals surface area contributed by atoms with E-state index in [1.54, 1.807) is 0 Å². The van der Waals surface area contributed by atoms with E-state index in [1.807, 2.05) is 11.8 Å². The van der Waals surface area contributed by atoms with Crippen molar-refractivity contribution in [3.8, 4) is 0 Å². The summed E-state index contributed by atoms with van der Waals surface area (Å²) in [7, 11) is 0. The fourth-order valence-corrected chi connectivity index (χ4v) is 2.40. The van der Waals surface area contributed by atoms with Crippen LogP contribution in [-0.2, 0) is 14.4 Å². The average molecular weight is 280 g/mol. The third-order valence-electron chi connectivity index (χ3n) is 3.65. The van der Waals surface area contributed by atoms with Crippen LogP contribution in [0.5, 0.6) is 0 Å². The van der Waals surface area contributed by atoms with Gasteiger partial charge in [0.05, 0.1) is 0 Å². The molecule has 0 aromatic carbocycles. The highest BCUT2D eigenvalue weighted by Gasteiger charge is 2.25. The highest BCUT2D eigenvalue weighted by molar-refractivity contribution is 6.39. The predicted octanol–water partition coefficient (Wildman–Crippen LogP) is -0.230. The van der Waals surface area contributed by atoms with Crippen molar-refractivity contribution in [2.24, 2.45) is 5.10 Å². The van der Waals surface area contributed by atoms with Gasteiger partial charge in [0.15, 0.2) is 0 Å². The summed E-state index contributed by atoms with van der Waals surface area (Å²) >= 11 is 0. The molecule has 0 atom stereocenters. The first-order valence-electron chi connectivity index (χ1n) is 7.04. The lowest BCUT2D eigenvalue weighted by Crippen LogP contribution is -2.48. The fraction of sp³-hybridized carbons (Fsp3) is 0.692. The Labute approximate surface area is 117 Å². The van der Waals surface area contributed by atoms with Gasteiger partial charge in [-0.15, -0.1) is 0 Å². The van der Waals surface area contributed by atoms with Crippen molar-refractivity contribution >= 4 is 23.4 Å². The molecule has 1 fully saturated rings. The van der Waals surface area contributed by atoms with Crippen molar-refractivity contribution in [3.63, 3.8) is 0 Å². The number of hydrogen-bond acceptors (Lipinski definition) is 4. The lowest BCUT2D eigenvalue weighted by molar-refractivity contribution is -0.132. The van der Waals surface area contributed by atoms with Gasteiger partial charge in [0.1, 0.15) is 5.71 Å². The Hall–Kier alpha value is -1.92. The minimum Gasteiger partial charge on any atom is -0.348 e. The van der Waals surface area contributed by atoms with Crippen molar-refractivity contribution in [3.05, 3.63) is 0 Å². The summed E-state index contributed by atoms with van der Waals surface area (Å²) in [5.41, 5.74) is 2.69. The van der Waals surface area contributed by atoms with Crippen LogP contribution in [0.2, 0.25) is 0 Å². The summed E-state index contributed by atoms with van der Waals surface area (Å²) in [6, 6.07) is 0.0729. The summed E-state index contributed by atoms with van der Waals surface area (Å²) in [6.45, 7) is 3.22. The van der Waals surface area contributed by atoms with Crippen molar-refractivity contribution in [1.82, 2.24) is 15.6 Å². The van der Waals surface area contributed by atoms with E-state index in [2.05, 4.69) is 15.8 Å². The Bertz CT molecular complexity index is 439. The largest absolute Gasteiger partial charge is 0.348 e. The highest BCUT2D eigenvalue weighted by atomic mass is 16.2. The van der Waals surface area contributed by atoms with Gasteiger partial charge in [0.25, 0.3) is 5.91 Å². The van der Waals surface area contributed by atoms with Crippen molar-refractivity contribution in [2.45, 2.75) is 45.1 Å². The zero-order chi connectivity index (χ0) is 14.5. The van der Waals surface area contributed by atoms with E-state index in [9.17, 15) is 14.4 Å². The van der Waals surface area contributed by atoms with E-state index < -0.39 is 0 Å². The Morgan fingerprint density at radius 2 is 2.05 bits per heavy atom. The smallest absolute Gasteiger partial charge is 0.267 e. The van der Waals surface area contributed by atoms with Crippen LogP contribution >= 0.6 is 0 Å². The molecule has 2 aliphatic heterocycles. The van der Waals surface area contributed by atoms with Gasteiger partial charge in [0.2, 0.25) is 11.8 Å². The quantitative estimate of drug-likeness (QED) is 0.748. The van der Waals surface area contributed by atoms with E-state index in [0.717, 1.165) is 12.8 Å². The van der Waals surface area contributed by atoms with Crippen LogP contribution in [0, 0.1) is 0 Å². The number of hydrazone groups is 1. The molecule has 20 heavy (non-hydrogen) atoms. The Morgan fingerprint density at radius 3 is 2.60 bits per heavy atom. The number of carbonyl (C=O) groups excluding carboxylic acids is 3. The second-order valence-corrected chi connectivity index (χ2v) is 5.08. The van der Waals surface area contributed by atoms with Crippen LogP contribution in [0.25, 0.3) is 0 Å². The number of carbonyl (C=O) groups is 3. The van der Waals surface area contributed by atoms with Crippen LogP contribution < -0.4 is 10.7 Å². The number of amides is 3.